The molecule has 0 saturated carbocycles. The highest BCUT2D eigenvalue weighted by Crippen LogP contribution is 2.40. The van der Waals surface area contributed by atoms with E-state index in [2.05, 4.69) is 20.8 Å². The molecule has 0 aliphatic carbocycles. The maximum Gasteiger partial charge on any atom is 0.335 e. The van der Waals surface area contributed by atoms with Gasteiger partial charge in [-0.3, -0.25) is 4.21 Å². The topological polar surface area (TPSA) is 80.7 Å². The van der Waals surface area contributed by atoms with Crippen LogP contribution in [0.4, 0.5) is 11.4 Å². The van der Waals surface area contributed by atoms with Crippen LogP contribution in [0.5, 0.6) is 0 Å². The molecule has 0 saturated heterocycles. The highest BCUT2D eigenvalue weighted by molar-refractivity contribution is 7.79. The Labute approximate surface area is 225 Å². The van der Waals surface area contributed by atoms with E-state index in [4.69, 9.17) is 23.2 Å². The fourth-order valence-corrected chi connectivity index (χ4v) is 5.60. The second kappa shape index (κ2) is 12.7. The molecule has 192 valence electrons. The van der Waals surface area contributed by atoms with Gasteiger partial charge in [-0.1, -0.05) is 68.6 Å². The van der Waals surface area contributed by atoms with Crippen LogP contribution in [0.3, 0.4) is 0 Å². The van der Waals surface area contributed by atoms with Crippen molar-refractivity contribution < 1.29 is 18.7 Å². The molecule has 5 nitrogen and oxygen atoms in total. The number of anilines is 2. The zero-order chi connectivity index (χ0) is 26.4. The van der Waals surface area contributed by atoms with E-state index in [1.54, 1.807) is 12.1 Å². The number of carboxylic acid groups (broad SMARTS) is 1. The third-order valence-electron chi connectivity index (χ3n) is 5.99. The number of aromatic carboxylic acids is 1. The lowest BCUT2D eigenvalue weighted by Gasteiger charge is -2.33. The second-order valence-electron chi connectivity index (χ2n) is 9.30. The van der Waals surface area contributed by atoms with Crippen LogP contribution in [0.1, 0.15) is 50.4 Å². The molecule has 0 aliphatic heterocycles. The van der Waals surface area contributed by atoms with Crippen molar-refractivity contribution >= 4 is 51.6 Å². The molecule has 0 aromatic heterocycles. The Bertz CT molecular complexity index is 1230. The molecule has 2 unspecified atom stereocenters. The third kappa shape index (κ3) is 7.10. The molecule has 36 heavy (non-hydrogen) atoms. The van der Waals surface area contributed by atoms with Gasteiger partial charge in [-0.05, 0) is 83.8 Å². The Hall–Kier alpha value is -2.38. The van der Waals surface area contributed by atoms with Crippen molar-refractivity contribution in [2.24, 2.45) is 11.8 Å². The van der Waals surface area contributed by atoms with Crippen LogP contribution in [-0.2, 0) is 11.1 Å². The molecule has 0 spiro atoms. The summed E-state index contributed by atoms with van der Waals surface area (Å²) in [6.45, 7) is 7.17. The lowest BCUT2D eigenvalue weighted by atomic mass is 9.92. The molecular weight excluding hydrogens is 517 g/mol. The van der Waals surface area contributed by atoms with Gasteiger partial charge in [-0.15, -0.1) is 0 Å². The first-order valence-electron chi connectivity index (χ1n) is 11.9. The first kappa shape index (κ1) is 28.2. The van der Waals surface area contributed by atoms with Gasteiger partial charge in [0.05, 0.1) is 16.3 Å². The smallest absolute Gasteiger partial charge is 0.335 e. The zero-order valence-electron chi connectivity index (χ0n) is 20.5. The first-order valence-corrected chi connectivity index (χ1v) is 13.7. The van der Waals surface area contributed by atoms with Gasteiger partial charge in [0.25, 0.3) is 0 Å². The van der Waals surface area contributed by atoms with Gasteiger partial charge >= 0.3 is 5.97 Å². The summed E-state index contributed by atoms with van der Waals surface area (Å²) < 4.78 is 25.0. The van der Waals surface area contributed by atoms with Crippen LogP contribution in [0.2, 0.25) is 10.0 Å². The van der Waals surface area contributed by atoms with Crippen molar-refractivity contribution in [3.05, 3.63) is 76.3 Å². The van der Waals surface area contributed by atoms with Gasteiger partial charge in [0.2, 0.25) is 0 Å². The number of carboxylic acids is 1. The van der Waals surface area contributed by atoms with Gasteiger partial charge < -0.3 is 14.6 Å². The number of carbonyl (C=O) groups is 1. The van der Waals surface area contributed by atoms with Crippen LogP contribution >= 0.6 is 23.2 Å². The highest BCUT2D eigenvalue weighted by Gasteiger charge is 2.22. The van der Waals surface area contributed by atoms with Crippen LogP contribution in [0.15, 0.2) is 65.6 Å². The molecule has 0 bridgehead atoms. The Kier molecular flexibility index (Phi) is 9.97. The molecule has 0 radical (unpaired) electrons. The first-order chi connectivity index (χ1) is 17.1. The average Bonchev–Trinajstić information content (AvgIpc) is 2.82. The molecule has 0 amide bonds. The Morgan fingerprint density at radius 2 is 1.78 bits per heavy atom. The minimum atomic E-state index is -2.58. The molecule has 0 aliphatic rings. The van der Waals surface area contributed by atoms with E-state index < -0.39 is 17.0 Å². The molecular formula is C28H30Cl2NO4S-. The minimum absolute atomic E-state index is 0.00977. The SMILES string of the molecule is CCCC(CC(C)C)CN(c1ccccc1)c1cc(Cl)c(-c2cc(Cl)cc(C(=O)O)c2)cc1S(=O)[O-]. The molecule has 2 atom stereocenters. The van der Waals surface area contributed by atoms with Gasteiger partial charge in [-0.25, -0.2) is 4.79 Å². The number of benzene rings is 3. The van der Waals surface area contributed by atoms with Gasteiger partial charge in [0, 0.05) is 27.7 Å². The predicted molar refractivity (Wildman–Crippen MR) is 147 cm³/mol. The van der Waals surface area contributed by atoms with Gasteiger partial charge in [-0.2, -0.15) is 0 Å². The number of hydrogen-bond acceptors (Lipinski definition) is 4. The molecule has 1 N–H and O–H groups in total. The van der Waals surface area contributed by atoms with Gasteiger partial charge in [0.1, 0.15) is 0 Å². The molecule has 3 aromatic rings. The molecule has 3 aromatic carbocycles. The summed E-state index contributed by atoms with van der Waals surface area (Å²) >= 11 is 10.3. The van der Waals surface area contributed by atoms with E-state index in [9.17, 15) is 18.7 Å². The van der Waals surface area contributed by atoms with E-state index in [1.807, 2.05) is 35.2 Å². The van der Waals surface area contributed by atoms with Crippen LogP contribution < -0.4 is 4.90 Å². The van der Waals surface area contributed by atoms with Crippen LogP contribution in [0, 0.1) is 11.8 Å². The quantitative estimate of drug-likeness (QED) is 0.245. The van der Waals surface area contributed by atoms with E-state index in [0.29, 0.717) is 40.2 Å². The van der Waals surface area contributed by atoms with Crippen molar-refractivity contribution in [1.29, 1.82) is 0 Å². The molecule has 3 rings (SSSR count). The summed E-state index contributed by atoms with van der Waals surface area (Å²) in [5.41, 5.74) is 2.16. The number of nitrogens with zero attached hydrogens (tertiary/aromatic N) is 1. The van der Waals surface area contributed by atoms with E-state index >= 15 is 0 Å². The summed E-state index contributed by atoms with van der Waals surface area (Å²) in [6, 6.07) is 17.1. The number of halogens is 2. The lowest BCUT2D eigenvalue weighted by molar-refractivity contribution is 0.0697. The summed E-state index contributed by atoms with van der Waals surface area (Å²) in [7, 11) is 0. The molecule has 8 heteroatoms. The summed E-state index contributed by atoms with van der Waals surface area (Å²) in [5, 5.41) is 9.95. The van der Waals surface area contributed by atoms with E-state index in [1.165, 1.54) is 18.2 Å². The predicted octanol–water partition coefficient (Wildman–Crippen LogP) is 8.20. The normalized spacial score (nSPS) is 13.0. The number of para-hydroxylation sites is 1. The second-order valence-corrected chi connectivity index (χ2v) is 11.1. The maximum atomic E-state index is 12.5. The van der Waals surface area contributed by atoms with Crippen molar-refractivity contribution in [3.63, 3.8) is 0 Å². The maximum absolute atomic E-state index is 12.5. The Balaban J connectivity index is 2.18. The largest absolute Gasteiger partial charge is 0.768 e. The molecule has 0 heterocycles. The highest BCUT2D eigenvalue weighted by atomic mass is 35.5. The number of rotatable bonds is 11. The zero-order valence-corrected chi connectivity index (χ0v) is 22.9. The third-order valence-corrected chi connectivity index (χ3v) is 7.20. The fraction of sp³-hybridized carbons (Fsp3) is 0.321. The van der Waals surface area contributed by atoms with Crippen LogP contribution in [-0.4, -0.2) is 26.4 Å². The van der Waals surface area contributed by atoms with Crippen molar-refractivity contribution in [3.8, 4) is 11.1 Å². The monoisotopic (exact) mass is 546 g/mol. The molecule has 0 fully saturated rings. The van der Waals surface area contributed by atoms with Crippen LogP contribution in [0.25, 0.3) is 11.1 Å². The average molecular weight is 548 g/mol. The van der Waals surface area contributed by atoms with Gasteiger partial charge in [0.15, 0.2) is 0 Å². The van der Waals surface area contributed by atoms with E-state index in [0.717, 1.165) is 24.9 Å². The summed E-state index contributed by atoms with van der Waals surface area (Å²) in [5.74, 6) is -0.279. The Morgan fingerprint density at radius 1 is 1.08 bits per heavy atom. The standard InChI is InChI=1S/C28H31Cl2NO4S/c1-4-8-19(11-18(2)3)17-31(23-9-6-5-7-10-23)26-16-25(30)24(15-27(26)36(34)35)20-12-21(28(32)33)14-22(29)13-20/h5-7,9-10,12-16,18-19H,4,8,11,17H2,1-3H3,(H,32,33)(H,34,35)/p-1. The summed E-state index contributed by atoms with van der Waals surface area (Å²) in [6.07, 6.45) is 3.06. The minimum Gasteiger partial charge on any atom is -0.768 e. The van der Waals surface area contributed by atoms with E-state index in [-0.39, 0.29) is 15.5 Å². The Morgan fingerprint density at radius 3 is 2.36 bits per heavy atom. The summed E-state index contributed by atoms with van der Waals surface area (Å²) in [4.78, 5) is 13.6. The lowest BCUT2D eigenvalue weighted by Crippen LogP contribution is -2.27. The number of hydrogen-bond donors (Lipinski definition) is 1. The van der Waals surface area contributed by atoms with Crippen molar-refractivity contribution in [1.82, 2.24) is 0 Å². The van der Waals surface area contributed by atoms with Crippen molar-refractivity contribution in [2.45, 2.75) is 44.9 Å². The fourth-order valence-electron chi connectivity index (χ4n) is 4.54. The van der Waals surface area contributed by atoms with Crippen molar-refractivity contribution in [2.75, 3.05) is 11.4 Å².